The van der Waals surface area contributed by atoms with E-state index in [2.05, 4.69) is 25.6 Å². The summed E-state index contributed by atoms with van der Waals surface area (Å²) in [6.07, 6.45) is 11.4. The summed E-state index contributed by atoms with van der Waals surface area (Å²) in [6, 6.07) is 5.99. The maximum Gasteiger partial charge on any atom is 0.230 e. The number of amides is 1. The van der Waals surface area contributed by atoms with Crippen molar-refractivity contribution in [2.24, 2.45) is 24.3 Å². The normalized spacial score (nSPS) is 31.2. The highest BCUT2D eigenvalue weighted by Crippen LogP contribution is 2.64. The largest absolute Gasteiger partial charge is 0.325 e. The van der Waals surface area contributed by atoms with E-state index in [-0.39, 0.29) is 16.9 Å². The Morgan fingerprint density at radius 2 is 1.97 bits per heavy atom. The first-order valence-corrected chi connectivity index (χ1v) is 11.1. The molecule has 7 rings (SSSR count). The third kappa shape index (κ3) is 2.77. The Kier molecular flexibility index (Phi) is 3.91. The molecule has 4 saturated carbocycles. The third-order valence-corrected chi connectivity index (χ3v) is 7.95. The van der Waals surface area contributed by atoms with Crippen molar-refractivity contribution in [1.82, 2.24) is 29.5 Å². The fourth-order valence-electron chi connectivity index (χ4n) is 7.00. The minimum absolute atomic E-state index is 0.0621. The average molecular weight is 418 g/mol. The maximum absolute atomic E-state index is 13.8. The number of hydrogen-bond donors (Lipinski definition) is 1. The number of anilines is 1. The zero-order chi connectivity index (χ0) is 21.2. The topological polar surface area (TPSA) is 90.5 Å². The monoisotopic (exact) mass is 417 g/mol. The molecule has 2 aromatic heterocycles. The number of hydrogen-bond acceptors (Lipinski definition) is 5. The van der Waals surface area contributed by atoms with E-state index >= 15 is 0 Å². The van der Waals surface area contributed by atoms with Crippen molar-refractivity contribution < 1.29 is 4.79 Å². The van der Waals surface area contributed by atoms with Crippen LogP contribution in [-0.2, 0) is 17.4 Å². The summed E-state index contributed by atoms with van der Waals surface area (Å²) < 4.78 is 3.95. The van der Waals surface area contributed by atoms with Crippen LogP contribution in [0, 0.1) is 24.2 Å². The summed E-state index contributed by atoms with van der Waals surface area (Å²) in [5.41, 5.74) is 2.47. The zero-order valence-corrected chi connectivity index (χ0v) is 18.0. The summed E-state index contributed by atoms with van der Waals surface area (Å²) in [7, 11) is 1.93. The third-order valence-electron chi connectivity index (χ3n) is 7.95. The van der Waals surface area contributed by atoms with E-state index in [1.165, 1.54) is 6.42 Å². The van der Waals surface area contributed by atoms with Crippen LogP contribution in [0.25, 0.3) is 11.4 Å². The van der Waals surface area contributed by atoms with Gasteiger partial charge in [-0.25, -0.2) is 9.67 Å². The molecule has 4 bridgehead atoms. The maximum atomic E-state index is 13.8. The van der Waals surface area contributed by atoms with Gasteiger partial charge in [-0.3, -0.25) is 4.79 Å². The van der Waals surface area contributed by atoms with Crippen LogP contribution in [-0.4, -0.2) is 35.4 Å². The summed E-state index contributed by atoms with van der Waals surface area (Å²) >= 11 is 0. The number of carbonyl (C=O) groups is 1. The van der Waals surface area contributed by atoms with Gasteiger partial charge in [-0.05, 0) is 68.9 Å². The highest BCUT2D eigenvalue weighted by atomic mass is 16.2. The van der Waals surface area contributed by atoms with Crippen molar-refractivity contribution in [3.8, 4) is 11.4 Å². The van der Waals surface area contributed by atoms with Gasteiger partial charge >= 0.3 is 0 Å². The van der Waals surface area contributed by atoms with Crippen LogP contribution < -0.4 is 5.32 Å². The Labute approximate surface area is 181 Å². The van der Waals surface area contributed by atoms with Gasteiger partial charge in [0, 0.05) is 18.3 Å². The predicted octanol–water partition coefficient (Wildman–Crippen LogP) is 3.32. The molecule has 1 amide bonds. The van der Waals surface area contributed by atoms with Crippen LogP contribution in [0.2, 0.25) is 0 Å². The second kappa shape index (κ2) is 6.48. The molecule has 31 heavy (non-hydrogen) atoms. The Balaban J connectivity index is 1.33. The van der Waals surface area contributed by atoms with Crippen LogP contribution in [0.4, 0.5) is 5.69 Å². The first kappa shape index (κ1) is 18.7. The molecule has 2 heterocycles. The molecule has 0 spiro atoms. The van der Waals surface area contributed by atoms with Gasteiger partial charge < -0.3 is 9.88 Å². The number of aromatic nitrogens is 6. The smallest absolute Gasteiger partial charge is 0.230 e. The van der Waals surface area contributed by atoms with Crippen molar-refractivity contribution in [2.45, 2.75) is 51.0 Å². The average Bonchev–Trinajstić information content (AvgIpc) is 3.41. The predicted molar refractivity (Wildman–Crippen MR) is 115 cm³/mol. The van der Waals surface area contributed by atoms with Gasteiger partial charge in [-0.2, -0.15) is 5.10 Å². The quantitative estimate of drug-likeness (QED) is 0.703. The second-order valence-electron chi connectivity index (χ2n) is 10.0. The molecule has 8 nitrogen and oxygen atoms in total. The van der Waals surface area contributed by atoms with E-state index in [4.69, 9.17) is 0 Å². The van der Waals surface area contributed by atoms with E-state index in [0.29, 0.717) is 11.8 Å². The Bertz CT molecular complexity index is 1130. The standard InChI is InChI=1S/C23H27N7O/c1-15-18(20-28-25-14-29(20)2)4-3-5-19(15)27-21(31)22-7-16-6-17(8-22)10-23(9-16,11-22)30-13-24-12-26-30/h3-5,12-14,16-17H,6-11H2,1-2H3,(H,27,31). The summed E-state index contributed by atoms with van der Waals surface area (Å²) in [6.45, 7) is 2.04. The number of nitrogens with zero attached hydrogens (tertiary/aromatic N) is 6. The molecule has 2 unspecified atom stereocenters. The Hall–Kier alpha value is -3.03. The van der Waals surface area contributed by atoms with E-state index < -0.39 is 0 Å². The first-order chi connectivity index (χ1) is 15.0. The van der Waals surface area contributed by atoms with Crippen molar-refractivity contribution >= 4 is 11.6 Å². The fraction of sp³-hybridized carbons (Fsp3) is 0.522. The summed E-state index contributed by atoms with van der Waals surface area (Å²) in [4.78, 5) is 18.0. The molecule has 0 radical (unpaired) electrons. The first-order valence-electron chi connectivity index (χ1n) is 11.1. The van der Waals surface area contributed by atoms with Crippen LogP contribution in [0.15, 0.2) is 37.2 Å². The summed E-state index contributed by atoms with van der Waals surface area (Å²) in [5.74, 6) is 2.13. The lowest BCUT2D eigenvalue weighted by molar-refractivity contribution is -0.150. The van der Waals surface area contributed by atoms with Crippen LogP contribution in [0.3, 0.4) is 0 Å². The number of rotatable bonds is 4. The molecule has 1 N–H and O–H groups in total. The molecule has 1 aromatic carbocycles. The van der Waals surface area contributed by atoms with Crippen molar-refractivity contribution in [3.63, 3.8) is 0 Å². The number of nitrogens with one attached hydrogen (secondary N) is 1. The van der Waals surface area contributed by atoms with Crippen molar-refractivity contribution in [2.75, 3.05) is 5.32 Å². The van der Waals surface area contributed by atoms with Gasteiger partial charge in [0.05, 0.1) is 11.0 Å². The van der Waals surface area contributed by atoms with Gasteiger partial charge in [0.15, 0.2) is 5.82 Å². The van der Waals surface area contributed by atoms with E-state index in [9.17, 15) is 4.79 Å². The SMILES string of the molecule is Cc1c(NC(=O)C23CC4CC(C2)CC(n2cncn2)(C4)C3)cccc1-c1nncn1C. The second-order valence-corrected chi connectivity index (χ2v) is 10.0. The summed E-state index contributed by atoms with van der Waals surface area (Å²) in [5, 5.41) is 16.1. The molecule has 4 fully saturated rings. The molecule has 3 aromatic rings. The molecule has 0 aliphatic heterocycles. The lowest BCUT2D eigenvalue weighted by Gasteiger charge is -2.60. The number of aryl methyl sites for hydroxylation is 1. The molecule has 0 saturated heterocycles. The van der Waals surface area contributed by atoms with Gasteiger partial charge in [0.2, 0.25) is 5.91 Å². The number of carbonyl (C=O) groups excluding carboxylic acids is 1. The van der Waals surface area contributed by atoms with Crippen LogP contribution in [0.1, 0.15) is 44.1 Å². The highest BCUT2D eigenvalue weighted by Gasteiger charge is 2.61. The minimum atomic E-state index is -0.330. The number of benzene rings is 1. The molecule has 8 heteroatoms. The fourth-order valence-corrected chi connectivity index (χ4v) is 7.00. The molecular weight excluding hydrogens is 390 g/mol. The molecule has 160 valence electrons. The molecule has 2 atom stereocenters. The van der Waals surface area contributed by atoms with Gasteiger partial charge in [-0.1, -0.05) is 12.1 Å². The van der Waals surface area contributed by atoms with E-state index in [1.807, 2.05) is 47.7 Å². The lowest BCUT2D eigenvalue weighted by Crippen LogP contribution is -2.60. The Morgan fingerprint density at radius 1 is 1.16 bits per heavy atom. The van der Waals surface area contributed by atoms with E-state index in [1.54, 1.807) is 12.7 Å². The Morgan fingerprint density at radius 3 is 2.65 bits per heavy atom. The molecular formula is C23H27N7O. The zero-order valence-electron chi connectivity index (χ0n) is 18.0. The van der Waals surface area contributed by atoms with Crippen molar-refractivity contribution in [1.29, 1.82) is 0 Å². The van der Waals surface area contributed by atoms with Gasteiger partial charge in [-0.15, -0.1) is 10.2 Å². The minimum Gasteiger partial charge on any atom is -0.325 e. The van der Waals surface area contributed by atoms with E-state index in [0.717, 1.165) is 54.7 Å². The van der Waals surface area contributed by atoms with Gasteiger partial charge in [0.25, 0.3) is 0 Å². The van der Waals surface area contributed by atoms with Crippen molar-refractivity contribution in [3.05, 3.63) is 42.7 Å². The molecule has 4 aliphatic carbocycles. The van der Waals surface area contributed by atoms with Crippen LogP contribution in [0.5, 0.6) is 0 Å². The molecule has 4 aliphatic rings. The highest BCUT2D eigenvalue weighted by molar-refractivity contribution is 5.97. The van der Waals surface area contributed by atoms with Gasteiger partial charge in [0.1, 0.15) is 19.0 Å². The lowest BCUT2D eigenvalue weighted by atomic mass is 9.46. The van der Waals surface area contributed by atoms with Crippen LogP contribution >= 0.6 is 0 Å².